The molecule has 1 aliphatic rings. The van der Waals surface area contributed by atoms with Crippen molar-refractivity contribution in [2.24, 2.45) is 11.3 Å². The second-order valence-corrected chi connectivity index (χ2v) is 5.02. The van der Waals surface area contributed by atoms with Crippen LogP contribution in [0.2, 0.25) is 0 Å². The molecule has 1 heterocycles. The minimum absolute atomic E-state index is 0.191. The smallest absolute Gasteiger partial charge is 0.240 e. The van der Waals surface area contributed by atoms with Crippen LogP contribution in [-0.2, 0) is 9.59 Å². The molecule has 96 valence electrons. The van der Waals surface area contributed by atoms with Crippen molar-refractivity contribution in [3.63, 3.8) is 0 Å². The summed E-state index contributed by atoms with van der Waals surface area (Å²) in [6.45, 7) is 4.90. The van der Waals surface area contributed by atoms with E-state index in [0.29, 0.717) is 6.07 Å². The molecule has 18 heavy (non-hydrogen) atoms. The fourth-order valence-electron chi connectivity index (χ4n) is 1.97. The van der Waals surface area contributed by atoms with Crippen molar-refractivity contribution in [1.82, 2.24) is 0 Å². The molecule has 1 saturated heterocycles. The van der Waals surface area contributed by atoms with Crippen LogP contribution in [0.4, 0.5) is 14.5 Å². The van der Waals surface area contributed by atoms with Crippen LogP contribution >= 0.6 is 0 Å². The maximum Gasteiger partial charge on any atom is 0.240 e. The Labute approximate surface area is 103 Å². The topological polar surface area (TPSA) is 37.4 Å². The van der Waals surface area contributed by atoms with Crippen LogP contribution in [-0.4, -0.2) is 11.8 Å². The van der Waals surface area contributed by atoms with Gasteiger partial charge < -0.3 is 0 Å². The summed E-state index contributed by atoms with van der Waals surface area (Å²) in [5, 5.41) is 0. The zero-order valence-corrected chi connectivity index (χ0v) is 10.3. The summed E-state index contributed by atoms with van der Waals surface area (Å²) in [4.78, 5) is 24.9. The van der Waals surface area contributed by atoms with Gasteiger partial charge in [-0.2, -0.15) is 0 Å². The third-order valence-corrected chi connectivity index (χ3v) is 3.58. The minimum Gasteiger partial charge on any atom is -0.274 e. The quantitative estimate of drug-likeness (QED) is 0.721. The van der Waals surface area contributed by atoms with Gasteiger partial charge in [0.2, 0.25) is 11.8 Å². The van der Waals surface area contributed by atoms with E-state index < -0.39 is 34.8 Å². The van der Waals surface area contributed by atoms with E-state index in [1.807, 2.05) is 0 Å². The Morgan fingerprint density at radius 3 is 2.28 bits per heavy atom. The van der Waals surface area contributed by atoms with Gasteiger partial charge in [-0.25, -0.2) is 13.7 Å². The molecule has 0 radical (unpaired) electrons. The molecule has 1 aromatic carbocycles. The molecule has 0 bridgehead atoms. The summed E-state index contributed by atoms with van der Waals surface area (Å²) in [7, 11) is 0. The van der Waals surface area contributed by atoms with Crippen molar-refractivity contribution < 1.29 is 18.4 Å². The number of benzene rings is 1. The summed E-state index contributed by atoms with van der Waals surface area (Å²) in [5.41, 5.74) is -1.07. The third kappa shape index (κ3) is 1.62. The zero-order valence-electron chi connectivity index (χ0n) is 10.3. The van der Waals surface area contributed by atoms with Crippen LogP contribution in [0.25, 0.3) is 0 Å². The van der Waals surface area contributed by atoms with Gasteiger partial charge in [0.25, 0.3) is 0 Å². The number of carbonyl (C=O) groups excluding carboxylic acids is 2. The first-order chi connectivity index (χ1) is 8.26. The first-order valence-corrected chi connectivity index (χ1v) is 5.60. The summed E-state index contributed by atoms with van der Waals surface area (Å²) in [6.07, 6.45) is 0. The van der Waals surface area contributed by atoms with E-state index in [1.165, 1.54) is 0 Å². The maximum atomic E-state index is 13.6. The van der Waals surface area contributed by atoms with Gasteiger partial charge in [0, 0.05) is 6.07 Å². The van der Waals surface area contributed by atoms with E-state index in [2.05, 4.69) is 0 Å². The molecule has 0 saturated carbocycles. The van der Waals surface area contributed by atoms with Crippen molar-refractivity contribution in [1.29, 1.82) is 0 Å². The lowest BCUT2D eigenvalue weighted by Crippen LogP contribution is -2.33. The van der Waals surface area contributed by atoms with Crippen LogP contribution in [0.1, 0.15) is 20.8 Å². The second-order valence-electron chi connectivity index (χ2n) is 5.02. The van der Waals surface area contributed by atoms with Crippen molar-refractivity contribution in [2.45, 2.75) is 20.8 Å². The van der Waals surface area contributed by atoms with E-state index in [4.69, 9.17) is 0 Å². The number of carbonyl (C=O) groups is 2. The fourth-order valence-corrected chi connectivity index (χ4v) is 1.97. The van der Waals surface area contributed by atoms with Gasteiger partial charge in [-0.1, -0.05) is 20.8 Å². The lowest BCUT2D eigenvalue weighted by atomic mass is 9.82. The largest absolute Gasteiger partial charge is 0.274 e. The van der Waals surface area contributed by atoms with Crippen molar-refractivity contribution >= 4 is 17.5 Å². The molecule has 2 rings (SSSR count). The van der Waals surface area contributed by atoms with Gasteiger partial charge >= 0.3 is 0 Å². The molecule has 1 aromatic rings. The van der Waals surface area contributed by atoms with E-state index in [1.54, 1.807) is 20.8 Å². The molecule has 1 unspecified atom stereocenters. The molecular formula is C13H13F2NO2. The van der Waals surface area contributed by atoms with Crippen LogP contribution in [0.5, 0.6) is 0 Å². The number of amides is 2. The Bertz CT molecular complexity index is 540. The molecule has 1 fully saturated rings. The van der Waals surface area contributed by atoms with Crippen molar-refractivity contribution in [2.75, 3.05) is 4.90 Å². The highest BCUT2D eigenvalue weighted by Gasteiger charge is 2.52. The molecule has 1 aliphatic heterocycles. The van der Waals surface area contributed by atoms with E-state index in [0.717, 1.165) is 17.0 Å². The summed E-state index contributed by atoms with van der Waals surface area (Å²) >= 11 is 0. The molecule has 3 nitrogen and oxygen atoms in total. The second kappa shape index (κ2) is 3.86. The highest BCUT2D eigenvalue weighted by atomic mass is 19.1. The number of rotatable bonds is 1. The molecule has 0 aliphatic carbocycles. The predicted octanol–water partition coefficient (Wildman–Crippen LogP) is 2.50. The number of halogens is 2. The Morgan fingerprint density at radius 1 is 1.22 bits per heavy atom. The standard InChI is InChI=1S/C13H13F2NO2/c1-7-11(17)16(12(18)13(7,2)3)10-5-4-8(14)6-9(10)15/h4-7H,1-3H3. The Morgan fingerprint density at radius 2 is 1.83 bits per heavy atom. The van der Waals surface area contributed by atoms with Gasteiger partial charge in [-0.3, -0.25) is 9.59 Å². The summed E-state index contributed by atoms with van der Waals surface area (Å²) in [6, 6.07) is 2.79. The highest BCUT2D eigenvalue weighted by molar-refractivity contribution is 6.23. The minimum atomic E-state index is -0.915. The molecule has 0 N–H and O–H groups in total. The van der Waals surface area contributed by atoms with E-state index >= 15 is 0 Å². The Balaban J connectivity index is 2.52. The van der Waals surface area contributed by atoms with E-state index in [9.17, 15) is 18.4 Å². The maximum absolute atomic E-state index is 13.6. The number of nitrogens with zero attached hydrogens (tertiary/aromatic N) is 1. The molecule has 0 aromatic heterocycles. The number of imide groups is 1. The average Bonchev–Trinajstić information content (AvgIpc) is 2.43. The fraction of sp³-hybridized carbons (Fsp3) is 0.385. The Kier molecular flexibility index (Phi) is 2.72. The van der Waals surface area contributed by atoms with Crippen molar-refractivity contribution in [3.05, 3.63) is 29.8 Å². The summed E-state index contributed by atoms with van der Waals surface area (Å²) in [5.74, 6) is -3.13. The van der Waals surface area contributed by atoms with Crippen LogP contribution in [0.3, 0.4) is 0 Å². The Hall–Kier alpha value is -1.78. The number of hydrogen-bond donors (Lipinski definition) is 0. The average molecular weight is 253 g/mol. The van der Waals surface area contributed by atoms with Gasteiger partial charge in [-0.05, 0) is 12.1 Å². The lowest BCUT2D eigenvalue weighted by Gasteiger charge is -2.19. The molecule has 0 spiro atoms. The first kappa shape index (κ1) is 12.7. The number of anilines is 1. The lowest BCUT2D eigenvalue weighted by molar-refractivity contribution is -0.125. The van der Waals surface area contributed by atoms with Crippen LogP contribution < -0.4 is 4.90 Å². The van der Waals surface area contributed by atoms with Crippen LogP contribution in [0.15, 0.2) is 18.2 Å². The SMILES string of the molecule is CC1C(=O)N(c2ccc(F)cc2F)C(=O)C1(C)C. The van der Waals surface area contributed by atoms with Gasteiger partial charge in [0.05, 0.1) is 17.0 Å². The van der Waals surface area contributed by atoms with Crippen molar-refractivity contribution in [3.8, 4) is 0 Å². The monoisotopic (exact) mass is 253 g/mol. The van der Waals surface area contributed by atoms with Gasteiger partial charge in [-0.15, -0.1) is 0 Å². The third-order valence-electron chi connectivity index (χ3n) is 3.58. The van der Waals surface area contributed by atoms with Crippen LogP contribution in [0, 0.1) is 23.0 Å². The zero-order chi connectivity index (χ0) is 13.7. The molecule has 2 amide bonds. The normalized spacial score (nSPS) is 22.7. The predicted molar refractivity (Wildman–Crippen MR) is 61.8 cm³/mol. The first-order valence-electron chi connectivity index (χ1n) is 5.60. The highest BCUT2D eigenvalue weighted by Crippen LogP contribution is 2.40. The molecule has 5 heteroatoms. The molecular weight excluding hydrogens is 240 g/mol. The summed E-state index contributed by atoms with van der Waals surface area (Å²) < 4.78 is 26.5. The molecule has 1 atom stereocenters. The van der Waals surface area contributed by atoms with Gasteiger partial charge in [0.15, 0.2) is 0 Å². The number of hydrogen-bond acceptors (Lipinski definition) is 2. The van der Waals surface area contributed by atoms with E-state index in [-0.39, 0.29) is 5.69 Å². The van der Waals surface area contributed by atoms with Gasteiger partial charge in [0.1, 0.15) is 11.6 Å².